The zero-order valence-electron chi connectivity index (χ0n) is 16.0. The third-order valence-corrected chi connectivity index (χ3v) is 5.56. The third-order valence-electron chi connectivity index (χ3n) is 5.56. The summed E-state index contributed by atoms with van der Waals surface area (Å²) in [6.07, 6.45) is 3.53. The maximum atomic E-state index is 13.6. The zero-order valence-corrected chi connectivity index (χ0v) is 16.8. The predicted octanol–water partition coefficient (Wildman–Crippen LogP) is -0.630. The standard InChI is InChI=1S/C22H24FN3O.ClH/c1-25-12-5-8-18(11-13-25)26-22(27)20-10-3-2-9-19(20)21(24-26)15-16-6-4-7-17(23)14-16;/h2-4,6-7,9-10,14,18H,5,8,11-13,15H2,1H3;1H. The highest BCUT2D eigenvalue weighted by atomic mass is 35.5. The smallest absolute Gasteiger partial charge is 0.274 e. The highest BCUT2D eigenvalue weighted by Crippen LogP contribution is 2.21. The van der Waals surface area contributed by atoms with Crippen molar-refractivity contribution in [2.75, 3.05) is 20.1 Å². The summed E-state index contributed by atoms with van der Waals surface area (Å²) in [5.74, 6) is -0.250. The van der Waals surface area contributed by atoms with Crippen LogP contribution in [0, 0.1) is 5.82 Å². The number of halogens is 2. The average Bonchev–Trinajstić information content (AvgIpc) is 2.89. The molecule has 1 saturated heterocycles. The largest absolute Gasteiger partial charge is 1.00 e. The van der Waals surface area contributed by atoms with Crippen LogP contribution in [0.2, 0.25) is 0 Å². The van der Waals surface area contributed by atoms with Gasteiger partial charge in [-0.3, -0.25) is 4.79 Å². The molecule has 0 saturated carbocycles. The van der Waals surface area contributed by atoms with E-state index in [1.54, 1.807) is 10.7 Å². The van der Waals surface area contributed by atoms with Gasteiger partial charge >= 0.3 is 0 Å². The number of nitrogens with zero attached hydrogens (tertiary/aromatic N) is 2. The van der Waals surface area contributed by atoms with Gasteiger partial charge in [-0.25, -0.2) is 9.07 Å². The Balaban J connectivity index is 0.00000225. The number of likely N-dealkylation sites (tertiary alicyclic amines) is 1. The second kappa shape index (κ2) is 8.84. The van der Waals surface area contributed by atoms with Gasteiger partial charge in [0.15, 0.2) is 0 Å². The van der Waals surface area contributed by atoms with Crippen molar-refractivity contribution in [2.45, 2.75) is 31.7 Å². The van der Waals surface area contributed by atoms with Crippen molar-refractivity contribution in [1.82, 2.24) is 9.78 Å². The van der Waals surface area contributed by atoms with Crippen LogP contribution in [0.25, 0.3) is 10.8 Å². The third kappa shape index (κ3) is 4.26. The van der Waals surface area contributed by atoms with Crippen molar-refractivity contribution in [1.29, 1.82) is 0 Å². The first-order chi connectivity index (χ1) is 13.1. The van der Waals surface area contributed by atoms with Gasteiger partial charge < -0.3 is 17.3 Å². The quantitative estimate of drug-likeness (QED) is 0.635. The SMILES string of the molecule is C[NH+]1CCCC(n2nc(Cc3cccc(F)c3)c3ccccc3c2=O)CC1.[Cl-]. The molecule has 1 aliphatic rings. The summed E-state index contributed by atoms with van der Waals surface area (Å²) in [5.41, 5.74) is 1.68. The molecule has 1 fully saturated rings. The normalized spacial score (nSPS) is 19.8. The molecule has 1 aromatic heterocycles. The maximum Gasteiger partial charge on any atom is 0.274 e. The van der Waals surface area contributed by atoms with Crippen LogP contribution in [0.4, 0.5) is 4.39 Å². The van der Waals surface area contributed by atoms with Crippen molar-refractivity contribution >= 4 is 10.8 Å². The van der Waals surface area contributed by atoms with E-state index in [1.807, 2.05) is 30.3 Å². The lowest BCUT2D eigenvalue weighted by Crippen LogP contribution is -3.08. The van der Waals surface area contributed by atoms with Crippen LogP contribution in [0.1, 0.15) is 36.6 Å². The Morgan fingerprint density at radius 3 is 2.68 bits per heavy atom. The first kappa shape index (κ1) is 20.5. The Morgan fingerprint density at radius 2 is 1.89 bits per heavy atom. The number of aromatic nitrogens is 2. The van der Waals surface area contributed by atoms with E-state index < -0.39 is 0 Å². The summed E-state index contributed by atoms with van der Waals surface area (Å²) in [6.45, 7) is 2.18. The molecule has 0 spiro atoms. The molecule has 0 aliphatic carbocycles. The lowest BCUT2D eigenvalue weighted by molar-refractivity contribution is -0.878. The number of quaternary nitrogens is 1. The fourth-order valence-corrected chi connectivity index (χ4v) is 4.06. The first-order valence-corrected chi connectivity index (χ1v) is 9.68. The lowest BCUT2D eigenvalue weighted by atomic mass is 10.0. The topological polar surface area (TPSA) is 39.3 Å². The minimum absolute atomic E-state index is 0. The number of hydrogen-bond donors (Lipinski definition) is 1. The van der Waals surface area contributed by atoms with E-state index in [1.165, 1.54) is 17.0 Å². The van der Waals surface area contributed by atoms with Gasteiger partial charge in [0.25, 0.3) is 5.56 Å². The predicted molar refractivity (Wildman–Crippen MR) is 105 cm³/mol. The number of hydrogen-bond acceptors (Lipinski definition) is 2. The molecule has 3 aromatic rings. The molecule has 6 heteroatoms. The minimum Gasteiger partial charge on any atom is -1.00 e. The van der Waals surface area contributed by atoms with Crippen molar-refractivity contribution in [2.24, 2.45) is 0 Å². The van der Waals surface area contributed by atoms with Crippen LogP contribution in [0.15, 0.2) is 53.3 Å². The maximum absolute atomic E-state index is 13.6. The van der Waals surface area contributed by atoms with E-state index in [0.29, 0.717) is 11.8 Å². The zero-order chi connectivity index (χ0) is 18.8. The van der Waals surface area contributed by atoms with Crippen molar-refractivity contribution in [3.8, 4) is 0 Å². The lowest BCUT2D eigenvalue weighted by Gasteiger charge is -2.18. The van der Waals surface area contributed by atoms with Gasteiger partial charge in [-0.2, -0.15) is 5.10 Å². The Kier molecular flexibility index (Phi) is 6.47. The molecule has 4 rings (SSSR count). The van der Waals surface area contributed by atoms with Gasteiger partial charge in [-0.15, -0.1) is 0 Å². The van der Waals surface area contributed by atoms with Crippen LogP contribution in [0.5, 0.6) is 0 Å². The molecule has 2 aromatic carbocycles. The number of benzene rings is 2. The van der Waals surface area contributed by atoms with Gasteiger partial charge in [-0.1, -0.05) is 30.3 Å². The van der Waals surface area contributed by atoms with E-state index in [-0.39, 0.29) is 29.8 Å². The fourth-order valence-electron chi connectivity index (χ4n) is 4.06. The van der Waals surface area contributed by atoms with Crippen molar-refractivity contribution in [3.63, 3.8) is 0 Å². The molecular formula is C22H25ClFN3O. The van der Waals surface area contributed by atoms with E-state index >= 15 is 0 Å². The van der Waals surface area contributed by atoms with E-state index in [0.717, 1.165) is 49.0 Å². The molecule has 4 nitrogen and oxygen atoms in total. The van der Waals surface area contributed by atoms with Crippen LogP contribution in [0.3, 0.4) is 0 Å². The summed E-state index contributed by atoms with van der Waals surface area (Å²) < 4.78 is 15.3. The van der Waals surface area contributed by atoms with E-state index in [9.17, 15) is 9.18 Å². The molecule has 0 radical (unpaired) electrons. The molecule has 0 bridgehead atoms. The monoisotopic (exact) mass is 401 g/mol. The summed E-state index contributed by atoms with van der Waals surface area (Å²) in [7, 11) is 2.20. The minimum atomic E-state index is -0.250. The van der Waals surface area contributed by atoms with Gasteiger partial charge in [0.1, 0.15) is 5.82 Å². The van der Waals surface area contributed by atoms with Crippen LogP contribution in [-0.4, -0.2) is 29.9 Å². The van der Waals surface area contributed by atoms with Gasteiger partial charge in [0.2, 0.25) is 0 Å². The second-order valence-corrected chi connectivity index (χ2v) is 7.59. The highest BCUT2D eigenvalue weighted by molar-refractivity contribution is 5.83. The molecule has 2 heterocycles. The molecule has 1 N–H and O–H groups in total. The molecule has 2 atom stereocenters. The van der Waals surface area contributed by atoms with Crippen molar-refractivity contribution in [3.05, 3.63) is 76.0 Å². The van der Waals surface area contributed by atoms with Gasteiger partial charge in [0, 0.05) is 18.2 Å². The number of fused-ring (bicyclic) bond motifs is 1. The number of rotatable bonds is 3. The average molecular weight is 402 g/mol. The van der Waals surface area contributed by atoms with Crippen molar-refractivity contribution < 1.29 is 21.7 Å². The first-order valence-electron chi connectivity index (χ1n) is 9.68. The Bertz CT molecular complexity index is 1020. The molecule has 28 heavy (non-hydrogen) atoms. The van der Waals surface area contributed by atoms with Crippen LogP contribution in [-0.2, 0) is 6.42 Å². The molecular weight excluding hydrogens is 377 g/mol. The Labute approximate surface area is 170 Å². The molecule has 2 unspecified atom stereocenters. The van der Waals surface area contributed by atoms with Crippen LogP contribution >= 0.6 is 0 Å². The number of nitrogens with one attached hydrogen (secondary N) is 1. The summed E-state index contributed by atoms with van der Waals surface area (Å²) >= 11 is 0. The summed E-state index contributed by atoms with van der Waals surface area (Å²) in [4.78, 5) is 14.6. The van der Waals surface area contributed by atoms with E-state index in [2.05, 4.69) is 7.05 Å². The van der Waals surface area contributed by atoms with E-state index in [4.69, 9.17) is 5.10 Å². The highest BCUT2D eigenvalue weighted by Gasteiger charge is 2.22. The van der Waals surface area contributed by atoms with Crippen LogP contribution < -0.4 is 22.9 Å². The molecule has 0 amide bonds. The van der Waals surface area contributed by atoms with Gasteiger partial charge in [-0.05, 0) is 36.6 Å². The molecule has 148 valence electrons. The second-order valence-electron chi connectivity index (χ2n) is 7.59. The summed E-state index contributed by atoms with van der Waals surface area (Å²) in [5, 5.41) is 6.35. The Morgan fingerprint density at radius 1 is 1.11 bits per heavy atom. The summed E-state index contributed by atoms with van der Waals surface area (Å²) in [6, 6.07) is 14.4. The molecule has 1 aliphatic heterocycles. The Hall–Kier alpha value is -2.24. The fraction of sp³-hybridized carbons (Fsp3) is 0.364. The van der Waals surface area contributed by atoms with Gasteiger partial charge in [0.05, 0.1) is 37.3 Å².